The summed E-state index contributed by atoms with van der Waals surface area (Å²) in [5.41, 5.74) is 2.33. The second kappa shape index (κ2) is 7.79. The lowest BCUT2D eigenvalue weighted by Crippen LogP contribution is -2.36. The van der Waals surface area contributed by atoms with Gasteiger partial charge in [-0.2, -0.15) is 0 Å². The van der Waals surface area contributed by atoms with Gasteiger partial charge in [-0.15, -0.1) is 11.3 Å². The summed E-state index contributed by atoms with van der Waals surface area (Å²) in [5.74, 6) is 0.748. The molecule has 1 heterocycles. The fourth-order valence-electron chi connectivity index (χ4n) is 1.95. The molecule has 0 amide bonds. The van der Waals surface area contributed by atoms with Gasteiger partial charge in [0.25, 0.3) is 0 Å². The summed E-state index contributed by atoms with van der Waals surface area (Å²) in [6.45, 7) is 7.85. The predicted molar refractivity (Wildman–Crippen MR) is 99.3 cm³/mol. The highest BCUT2D eigenvalue weighted by molar-refractivity contribution is 7.09. The summed E-state index contributed by atoms with van der Waals surface area (Å²) in [7, 11) is 1.76. The molecule has 1 aromatic carbocycles. The number of hydrogen-bond donors (Lipinski definition) is 2. The van der Waals surface area contributed by atoms with E-state index < -0.39 is 0 Å². The maximum absolute atomic E-state index is 5.99. The molecule has 0 saturated heterocycles. The largest absolute Gasteiger partial charge is 0.352 e. The number of nitrogens with one attached hydrogen (secondary N) is 2. The lowest BCUT2D eigenvalue weighted by atomic mass is 9.93. The monoisotopic (exact) mass is 350 g/mol. The summed E-state index contributed by atoms with van der Waals surface area (Å²) in [6.07, 6.45) is 0. The Morgan fingerprint density at radius 1 is 1.26 bits per heavy atom. The number of halogens is 1. The molecule has 23 heavy (non-hydrogen) atoms. The quantitative estimate of drug-likeness (QED) is 0.648. The third kappa shape index (κ3) is 5.52. The smallest absolute Gasteiger partial charge is 0.191 e. The highest BCUT2D eigenvalue weighted by atomic mass is 35.5. The molecule has 0 aliphatic rings. The normalized spacial score (nSPS) is 12.3. The van der Waals surface area contributed by atoms with E-state index in [2.05, 4.69) is 46.8 Å². The van der Waals surface area contributed by atoms with Gasteiger partial charge in [0.1, 0.15) is 5.01 Å². The van der Waals surface area contributed by atoms with Crippen LogP contribution in [0.4, 0.5) is 0 Å². The highest BCUT2D eigenvalue weighted by Gasteiger charge is 2.17. The fourth-order valence-corrected chi connectivity index (χ4v) is 3.12. The minimum absolute atomic E-state index is 0.0846. The van der Waals surface area contributed by atoms with E-state index in [1.54, 1.807) is 18.4 Å². The molecule has 4 nitrogen and oxygen atoms in total. The third-order valence-corrected chi connectivity index (χ3v) is 4.38. The van der Waals surface area contributed by atoms with Crippen molar-refractivity contribution in [3.8, 4) is 0 Å². The van der Waals surface area contributed by atoms with Gasteiger partial charge in [0.05, 0.1) is 12.2 Å². The number of nitrogens with zero attached hydrogens (tertiary/aromatic N) is 2. The zero-order valence-electron chi connectivity index (χ0n) is 14.0. The van der Waals surface area contributed by atoms with Gasteiger partial charge in [0, 0.05) is 29.4 Å². The second-order valence-electron chi connectivity index (χ2n) is 6.29. The van der Waals surface area contributed by atoms with Gasteiger partial charge in [0.15, 0.2) is 5.96 Å². The van der Waals surface area contributed by atoms with Crippen molar-refractivity contribution in [1.29, 1.82) is 0 Å². The molecule has 6 heteroatoms. The van der Waals surface area contributed by atoms with E-state index in [0.717, 1.165) is 27.2 Å². The summed E-state index contributed by atoms with van der Waals surface area (Å²) >= 11 is 7.67. The first-order valence-electron chi connectivity index (χ1n) is 7.52. The van der Waals surface area contributed by atoms with Crippen molar-refractivity contribution in [1.82, 2.24) is 15.6 Å². The van der Waals surface area contributed by atoms with Crippen molar-refractivity contribution >= 4 is 28.9 Å². The molecule has 2 N–H and O–H groups in total. The van der Waals surface area contributed by atoms with Crippen LogP contribution in [0, 0.1) is 0 Å². The van der Waals surface area contributed by atoms with Gasteiger partial charge in [-0.3, -0.25) is 4.99 Å². The predicted octanol–water partition coefficient (Wildman–Crippen LogP) is 3.96. The maximum atomic E-state index is 5.99. The Morgan fingerprint density at radius 2 is 2.00 bits per heavy atom. The van der Waals surface area contributed by atoms with Crippen LogP contribution < -0.4 is 10.6 Å². The Bertz CT molecular complexity index is 673. The Hall–Kier alpha value is -1.59. The molecule has 0 aliphatic heterocycles. The molecule has 124 valence electrons. The molecule has 2 aromatic rings. The van der Waals surface area contributed by atoms with E-state index in [-0.39, 0.29) is 5.41 Å². The number of benzene rings is 1. The molecule has 0 saturated carbocycles. The third-order valence-electron chi connectivity index (χ3n) is 3.30. The van der Waals surface area contributed by atoms with Crippen LogP contribution in [0.2, 0.25) is 5.02 Å². The number of hydrogen-bond acceptors (Lipinski definition) is 3. The Labute approximate surface area is 147 Å². The van der Waals surface area contributed by atoms with Crippen molar-refractivity contribution < 1.29 is 0 Å². The topological polar surface area (TPSA) is 49.3 Å². The lowest BCUT2D eigenvalue weighted by Gasteiger charge is -2.14. The van der Waals surface area contributed by atoms with Crippen LogP contribution in [0.5, 0.6) is 0 Å². The molecular formula is C17H23ClN4S. The molecule has 0 radical (unpaired) electrons. The van der Waals surface area contributed by atoms with E-state index in [9.17, 15) is 0 Å². The first-order valence-corrected chi connectivity index (χ1v) is 8.78. The standard InChI is InChI=1S/C17H23ClN4S/c1-17(2,3)14-11-23-15(22-14)10-21-16(19-4)20-9-12-6-5-7-13(18)8-12/h5-8,11H,9-10H2,1-4H3,(H2,19,20,21). The molecule has 0 bridgehead atoms. The first-order chi connectivity index (χ1) is 10.9. The van der Waals surface area contributed by atoms with E-state index in [4.69, 9.17) is 11.6 Å². The molecule has 0 fully saturated rings. The SMILES string of the molecule is CN=C(NCc1cccc(Cl)c1)NCc1nc(C(C)(C)C)cs1. The molecule has 1 aromatic heterocycles. The molecule has 2 rings (SSSR count). The van der Waals surface area contributed by atoms with Crippen LogP contribution in [0.1, 0.15) is 37.0 Å². The van der Waals surface area contributed by atoms with E-state index in [0.29, 0.717) is 13.1 Å². The minimum Gasteiger partial charge on any atom is -0.352 e. The summed E-state index contributed by atoms with van der Waals surface area (Å²) < 4.78 is 0. The summed E-state index contributed by atoms with van der Waals surface area (Å²) in [5, 5.41) is 10.5. The highest BCUT2D eigenvalue weighted by Crippen LogP contribution is 2.23. The number of aliphatic imine (C=N–C) groups is 1. The molecule has 0 unspecified atom stereocenters. The average Bonchev–Trinajstić information content (AvgIpc) is 2.96. The van der Waals surface area contributed by atoms with E-state index in [1.165, 1.54) is 0 Å². The van der Waals surface area contributed by atoms with Gasteiger partial charge in [-0.1, -0.05) is 44.5 Å². The zero-order valence-corrected chi connectivity index (χ0v) is 15.6. The number of guanidine groups is 1. The Balaban J connectivity index is 1.87. The van der Waals surface area contributed by atoms with Crippen LogP contribution in [-0.2, 0) is 18.5 Å². The van der Waals surface area contributed by atoms with Gasteiger partial charge < -0.3 is 10.6 Å². The summed E-state index contributed by atoms with van der Waals surface area (Å²) in [6, 6.07) is 7.79. The number of thiazole rings is 1. The van der Waals surface area contributed by atoms with E-state index >= 15 is 0 Å². The van der Waals surface area contributed by atoms with Crippen molar-refractivity contribution in [2.75, 3.05) is 7.05 Å². The van der Waals surface area contributed by atoms with Crippen LogP contribution in [0.15, 0.2) is 34.6 Å². The van der Waals surface area contributed by atoms with Crippen LogP contribution in [0.3, 0.4) is 0 Å². The Kier molecular flexibility index (Phi) is 6.02. The van der Waals surface area contributed by atoms with Crippen LogP contribution in [0.25, 0.3) is 0 Å². The number of aromatic nitrogens is 1. The van der Waals surface area contributed by atoms with Crippen LogP contribution in [-0.4, -0.2) is 18.0 Å². The van der Waals surface area contributed by atoms with Crippen molar-refractivity contribution in [3.05, 3.63) is 50.9 Å². The van der Waals surface area contributed by atoms with Gasteiger partial charge >= 0.3 is 0 Å². The van der Waals surface area contributed by atoms with Crippen LogP contribution >= 0.6 is 22.9 Å². The fraction of sp³-hybridized carbons (Fsp3) is 0.412. The minimum atomic E-state index is 0.0846. The van der Waals surface area contributed by atoms with Crippen molar-refractivity contribution in [2.24, 2.45) is 4.99 Å². The van der Waals surface area contributed by atoms with Gasteiger partial charge in [-0.25, -0.2) is 4.98 Å². The molecule has 0 atom stereocenters. The van der Waals surface area contributed by atoms with E-state index in [1.807, 2.05) is 24.3 Å². The molecule has 0 aliphatic carbocycles. The van der Waals surface area contributed by atoms with Gasteiger partial charge in [-0.05, 0) is 17.7 Å². The Morgan fingerprint density at radius 3 is 2.61 bits per heavy atom. The maximum Gasteiger partial charge on any atom is 0.191 e. The van der Waals surface area contributed by atoms with Crippen molar-refractivity contribution in [2.45, 2.75) is 39.3 Å². The van der Waals surface area contributed by atoms with Crippen molar-refractivity contribution in [3.63, 3.8) is 0 Å². The molecule has 0 spiro atoms. The second-order valence-corrected chi connectivity index (χ2v) is 7.66. The average molecular weight is 351 g/mol. The first kappa shape index (κ1) is 17.8. The zero-order chi connectivity index (χ0) is 16.9. The molecular weight excluding hydrogens is 328 g/mol. The summed E-state index contributed by atoms with van der Waals surface area (Å²) in [4.78, 5) is 8.91. The number of rotatable bonds is 4. The lowest BCUT2D eigenvalue weighted by molar-refractivity contribution is 0.570. The van der Waals surface area contributed by atoms with Gasteiger partial charge in [0.2, 0.25) is 0 Å².